The third-order valence-electron chi connectivity index (χ3n) is 1.73. The summed E-state index contributed by atoms with van der Waals surface area (Å²) in [6, 6.07) is 0. The van der Waals surface area contributed by atoms with Gasteiger partial charge in [-0.3, -0.25) is 4.79 Å². The van der Waals surface area contributed by atoms with Crippen molar-refractivity contribution >= 4 is 15.9 Å². The Balaban J connectivity index is 3.33. The number of pyridine rings is 1. The fourth-order valence-corrected chi connectivity index (χ4v) is 1.47. The fraction of sp³-hybridized carbons (Fsp3) is 0.375. The van der Waals surface area contributed by atoms with E-state index < -0.39 is 29.5 Å². The average molecular weight is 322 g/mol. The maximum absolute atomic E-state index is 12.3. The van der Waals surface area contributed by atoms with Crippen molar-refractivity contribution < 1.29 is 26.7 Å². The molecule has 1 aromatic heterocycles. The van der Waals surface area contributed by atoms with Crippen LogP contribution in [0, 0.1) is 0 Å². The Labute approximate surface area is 99.7 Å². The van der Waals surface area contributed by atoms with Crippen LogP contribution < -0.4 is 10.2 Å². The van der Waals surface area contributed by atoms with Crippen molar-refractivity contribution in [1.82, 2.24) is 4.98 Å². The van der Waals surface area contributed by atoms with Gasteiger partial charge in [-0.25, -0.2) is 8.78 Å². The molecular weight excluding hydrogens is 317 g/mol. The summed E-state index contributed by atoms with van der Waals surface area (Å²) in [5.74, 6) is -1.17. The van der Waals surface area contributed by atoms with E-state index in [9.17, 15) is 26.7 Å². The largest absolute Gasteiger partial charge is 0.573 e. The Kier molecular flexibility index (Phi) is 4.12. The highest BCUT2D eigenvalue weighted by Gasteiger charge is 2.34. The highest BCUT2D eigenvalue weighted by Crippen LogP contribution is 2.25. The normalized spacial score (nSPS) is 11.9. The third kappa shape index (κ3) is 3.42. The molecule has 0 saturated heterocycles. The molecule has 0 aliphatic carbocycles. The predicted molar refractivity (Wildman–Crippen MR) is 51.3 cm³/mol. The van der Waals surface area contributed by atoms with Crippen LogP contribution in [0.4, 0.5) is 22.0 Å². The highest BCUT2D eigenvalue weighted by atomic mass is 79.9. The van der Waals surface area contributed by atoms with Gasteiger partial charge >= 0.3 is 6.36 Å². The van der Waals surface area contributed by atoms with Crippen molar-refractivity contribution in [2.75, 3.05) is 0 Å². The van der Waals surface area contributed by atoms with Gasteiger partial charge < -0.3 is 9.72 Å². The minimum Gasteiger partial charge on any atom is -0.400 e. The second-order valence-corrected chi connectivity index (χ2v) is 3.42. The number of aromatic nitrogens is 1. The lowest BCUT2D eigenvalue weighted by molar-refractivity contribution is -0.275. The molecule has 3 nitrogen and oxygen atoms in total. The summed E-state index contributed by atoms with van der Waals surface area (Å²) >= 11 is 2.81. The second-order valence-electron chi connectivity index (χ2n) is 2.86. The molecule has 1 aromatic rings. The van der Waals surface area contributed by atoms with Crippen molar-refractivity contribution in [3.05, 3.63) is 27.7 Å². The van der Waals surface area contributed by atoms with Gasteiger partial charge in [-0.1, -0.05) is 15.9 Å². The molecule has 0 aliphatic rings. The molecule has 0 aromatic carbocycles. The Morgan fingerprint density at radius 3 is 2.41 bits per heavy atom. The number of hydrogen-bond acceptors (Lipinski definition) is 2. The van der Waals surface area contributed by atoms with Crippen LogP contribution in [-0.2, 0) is 5.33 Å². The minimum absolute atomic E-state index is 0.169. The first-order chi connectivity index (χ1) is 7.76. The van der Waals surface area contributed by atoms with E-state index in [0.717, 1.165) is 0 Å². The topological polar surface area (TPSA) is 42.1 Å². The summed E-state index contributed by atoms with van der Waals surface area (Å²) in [6.07, 6.45) is -7.64. The van der Waals surface area contributed by atoms with Gasteiger partial charge in [0.15, 0.2) is 5.75 Å². The number of aromatic amines is 1. The van der Waals surface area contributed by atoms with E-state index in [1.54, 1.807) is 0 Å². The van der Waals surface area contributed by atoms with Crippen molar-refractivity contribution in [3.63, 3.8) is 0 Å². The fourth-order valence-electron chi connectivity index (χ4n) is 1.05. The first kappa shape index (κ1) is 13.9. The zero-order valence-electron chi connectivity index (χ0n) is 7.95. The molecule has 0 unspecified atom stereocenters. The van der Waals surface area contributed by atoms with Gasteiger partial charge in [0.2, 0.25) is 5.43 Å². The van der Waals surface area contributed by atoms with Crippen molar-refractivity contribution in [3.8, 4) is 5.75 Å². The SMILES string of the molecule is O=c1c(C(F)F)c[nH]c(CBr)c1OC(F)(F)F. The van der Waals surface area contributed by atoms with Crippen molar-refractivity contribution in [1.29, 1.82) is 0 Å². The number of ether oxygens (including phenoxy) is 1. The molecular formula is C8H5BrF5NO2. The molecule has 0 bridgehead atoms. The van der Waals surface area contributed by atoms with Gasteiger partial charge in [0.05, 0.1) is 11.3 Å². The molecule has 0 radical (unpaired) electrons. The molecule has 1 N–H and O–H groups in total. The molecule has 96 valence electrons. The van der Waals surface area contributed by atoms with Crippen LogP contribution in [0.1, 0.15) is 17.7 Å². The molecule has 0 amide bonds. The van der Waals surface area contributed by atoms with Crippen LogP contribution in [0.2, 0.25) is 0 Å². The monoisotopic (exact) mass is 321 g/mol. The standard InChI is InChI=1S/C8H5BrF5NO2/c9-1-4-6(17-8(12,13)14)5(16)3(2-15-4)7(10)11/h2,7H,1H2,(H,15,16). The molecule has 0 spiro atoms. The van der Waals surface area contributed by atoms with Gasteiger partial charge in [0, 0.05) is 11.5 Å². The number of alkyl halides is 6. The minimum atomic E-state index is -5.12. The molecule has 1 rings (SSSR count). The van der Waals surface area contributed by atoms with E-state index >= 15 is 0 Å². The van der Waals surface area contributed by atoms with E-state index in [1.807, 2.05) is 0 Å². The van der Waals surface area contributed by atoms with Gasteiger partial charge in [0.25, 0.3) is 6.43 Å². The number of nitrogens with one attached hydrogen (secondary N) is 1. The van der Waals surface area contributed by atoms with Gasteiger partial charge in [-0.2, -0.15) is 0 Å². The van der Waals surface area contributed by atoms with Crippen LogP contribution in [0.15, 0.2) is 11.0 Å². The summed E-state index contributed by atoms with van der Waals surface area (Å²) in [6.45, 7) is 0. The summed E-state index contributed by atoms with van der Waals surface area (Å²) < 4.78 is 64.0. The molecule has 0 fully saturated rings. The first-order valence-electron chi connectivity index (χ1n) is 4.10. The van der Waals surface area contributed by atoms with E-state index in [1.165, 1.54) is 0 Å². The van der Waals surface area contributed by atoms with Crippen LogP contribution in [0.5, 0.6) is 5.75 Å². The number of halogens is 6. The zero-order valence-corrected chi connectivity index (χ0v) is 9.53. The van der Waals surface area contributed by atoms with Crippen LogP contribution in [-0.4, -0.2) is 11.3 Å². The molecule has 0 atom stereocenters. The quantitative estimate of drug-likeness (QED) is 0.686. The van der Waals surface area contributed by atoms with Crippen LogP contribution >= 0.6 is 15.9 Å². The summed E-state index contributed by atoms with van der Waals surface area (Å²) in [7, 11) is 0. The van der Waals surface area contributed by atoms with Crippen LogP contribution in [0.25, 0.3) is 0 Å². The van der Waals surface area contributed by atoms with Gasteiger partial charge in [-0.05, 0) is 0 Å². The van der Waals surface area contributed by atoms with Gasteiger partial charge in [0.1, 0.15) is 0 Å². The zero-order chi connectivity index (χ0) is 13.2. The third-order valence-corrected chi connectivity index (χ3v) is 2.29. The van der Waals surface area contributed by atoms with E-state index in [0.29, 0.717) is 6.20 Å². The molecule has 17 heavy (non-hydrogen) atoms. The number of rotatable bonds is 3. The first-order valence-corrected chi connectivity index (χ1v) is 5.22. The Morgan fingerprint density at radius 2 is 2.00 bits per heavy atom. The lowest BCUT2D eigenvalue weighted by atomic mass is 10.2. The molecule has 0 saturated carbocycles. The summed E-state index contributed by atoms with van der Waals surface area (Å²) in [4.78, 5) is 13.5. The van der Waals surface area contributed by atoms with Gasteiger partial charge in [-0.15, -0.1) is 13.2 Å². The average Bonchev–Trinajstić information content (AvgIpc) is 2.18. The number of hydrogen-bond donors (Lipinski definition) is 1. The lowest BCUT2D eigenvalue weighted by Crippen LogP contribution is -2.25. The maximum Gasteiger partial charge on any atom is 0.573 e. The van der Waals surface area contributed by atoms with Crippen molar-refractivity contribution in [2.45, 2.75) is 18.1 Å². The Hall–Kier alpha value is -1.12. The van der Waals surface area contributed by atoms with E-state index in [4.69, 9.17) is 0 Å². The molecule has 9 heteroatoms. The Morgan fingerprint density at radius 1 is 1.41 bits per heavy atom. The van der Waals surface area contributed by atoms with Crippen molar-refractivity contribution in [2.24, 2.45) is 0 Å². The highest BCUT2D eigenvalue weighted by molar-refractivity contribution is 9.08. The van der Waals surface area contributed by atoms with E-state index in [-0.39, 0.29) is 11.0 Å². The second kappa shape index (κ2) is 5.03. The molecule has 0 aliphatic heterocycles. The Bertz CT molecular complexity index is 456. The molecule has 1 heterocycles. The van der Waals surface area contributed by atoms with E-state index in [2.05, 4.69) is 25.7 Å². The summed E-state index contributed by atoms with van der Waals surface area (Å²) in [5.41, 5.74) is -2.82. The predicted octanol–water partition coefficient (Wildman–Crippen LogP) is 3.11. The maximum atomic E-state index is 12.3. The smallest absolute Gasteiger partial charge is 0.400 e. The van der Waals surface area contributed by atoms with Crippen LogP contribution in [0.3, 0.4) is 0 Å². The number of H-pyrrole nitrogens is 1. The lowest BCUT2D eigenvalue weighted by Gasteiger charge is -2.12. The summed E-state index contributed by atoms with van der Waals surface area (Å²) in [5, 5.41) is -0.169.